The third-order valence-corrected chi connectivity index (χ3v) is 4.99. The highest BCUT2D eigenvalue weighted by atomic mass is 32.1. The normalized spacial score (nSPS) is 11.4. The van der Waals surface area contributed by atoms with Gasteiger partial charge in [-0.1, -0.05) is 0 Å². The second-order valence-electron chi connectivity index (χ2n) is 5.90. The average molecular weight is 405 g/mol. The Kier molecular flexibility index (Phi) is 5.12. The van der Waals surface area contributed by atoms with E-state index >= 15 is 0 Å². The fraction of sp³-hybridized carbons (Fsp3) is 0.0500. The number of nitro groups is 1. The van der Waals surface area contributed by atoms with Crippen LogP contribution in [0.5, 0.6) is 5.75 Å². The first-order valence-electron chi connectivity index (χ1n) is 8.57. The van der Waals surface area contributed by atoms with Gasteiger partial charge >= 0.3 is 0 Å². The highest BCUT2D eigenvalue weighted by molar-refractivity contribution is 7.07. The minimum absolute atomic E-state index is 0.0440. The van der Waals surface area contributed by atoms with Crippen LogP contribution in [0.25, 0.3) is 16.9 Å². The molecule has 0 saturated heterocycles. The molecular formula is C20H15N5O3S. The van der Waals surface area contributed by atoms with Crippen LogP contribution in [0, 0.1) is 10.1 Å². The summed E-state index contributed by atoms with van der Waals surface area (Å²) >= 11 is 1.43. The highest BCUT2D eigenvalue weighted by Crippen LogP contribution is 2.26. The van der Waals surface area contributed by atoms with Gasteiger partial charge in [-0.15, -0.1) is 11.3 Å². The van der Waals surface area contributed by atoms with Gasteiger partial charge in [-0.3, -0.25) is 14.7 Å². The van der Waals surface area contributed by atoms with Crippen molar-refractivity contribution in [1.82, 2.24) is 14.5 Å². The Labute approximate surface area is 169 Å². The van der Waals surface area contributed by atoms with E-state index in [-0.39, 0.29) is 5.69 Å². The molecule has 29 heavy (non-hydrogen) atoms. The van der Waals surface area contributed by atoms with E-state index in [2.05, 4.69) is 15.0 Å². The van der Waals surface area contributed by atoms with Gasteiger partial charge in [0.15, 0.2) is 4.80 Å². The molecule has 0 radical (unpaired) electrons. The Hall–Kier alpha value is -3.85. The lowest BCUT2D eigenvalue weighted by atomic mass is 10.1. The smallest absolute Gasteiger partial charge is 0.269 e. The molecule has 9 heteroatoms. The second-order valence-corrected chi connectivity index (χ2v) is 6.74. The predicted molar refractivity (Wildman–Crippen MR) is 110 cm³/mol. The lowest BCUT2D eigenvalue weighted by Crippen LogP contribution is -2.14. The molecule has 8 nitrogen and oxygen atoms in total. The first-order chi connectivity index (χ1) is 14.2. The molecule has 2 aromatic carbocycles. The van der Waals surface area contributed by atoms with Gasteiger partial charge in [-0.2, -0.15) is 4.99 Å². The molecule has 0 aliphatic carbocycles. The molecule has 2 aromatic heterocycles. The Bertz CT molecular complexity index is 1200. The summed E-state index contributed by atoms with van der Waals surface area (Å²) < 4.78 is 7.21. The van der Waals surface area contributed by atoms with Crippen molar-refractivity contribution in [2.45, 2.75) is 0 Å². The van der Waals surface area contributed by atoms with Gasteiger partial charge in [0.2, 0.25) is 0 Å². The van der Waals surface area contributed by atoms with Gasteiger partial charge in [-0.05, 0) is 48.0 Å². The third kappa shape index (κ3) is 3.90. The zero-order valence-electron chi connectivity index (χ0n) is 15.3. The summed E-state index contributed by atoms with van der Waals surface area (Å²) in [6, 6.07) is 15.7. The van der Waals surface area contributed by atoms with Gasteiger partial charge in [0.25, 0.3) is 11.6 Å². The van der Waals surface area contributed by atoms with Crippen LogP contribution in [0.15, 0.2) is 77.4 Å². The fourth-order valence-corrected chi connectivity index (χ4v) is 3.66. The number of aromatic nitrogens is 3. The van der Waals surface area contributed by atoms with Gasteiger partial charge in [-0.25, -0.2) is 9.97 Å². The summed E-state index contributed by atoms with van der Waals surface area (Å²) in [5.41, 5.74) is 2.60. The van der Waals surface area contributed by atoms with Crippen LogP contribution in [0.2, 0.25) is 0 Å². The number of rotatable bonds is 5. The van der Waals surface area contributed by atoms with Gasteiger partial charge in [0, 0.05) is 35.6 Å². The number of benzene rings is 2. The zero-order valence-corrected chi connectivity index (χ0v) is 16.1. The summed E-state index contributed by atoms with van der Waals surface area (Å²) in [6.07, 6.45) is 3.27. The highest BCUT2D eigenvalue weighted by Gasteiger charge is 2.13. The first kappa shape index (κ1) is 18.5. The molecule has 0 aliphatic heterocycles. The number of non-ortho nitro benzene ring substituents is 1. The quantitative estimate of drug-likeness (QED) is 0.367. The second kappa shape index (κ2) is 8.03. The van der Waals surface area contributed by atoms with Crippen LogP contribution < -0.4 is 9.54 Å². The molecule has 4 aromatic rings. The predicted octanol–water partition coefficient (Wildman–Crippen LogP) is 4.15. The van der Waals surface area contributed by atoms with E-state index in [0.29, 0.717) is 10.7 Å². The molecule has 144 valence electrons. The number of thiazole rings is 1. The number of hydrogen-bond donors (Lipinski definition) is 0. The summed E-state index contributed by atoms with van der Waals surface area (Å²) in [5.74, 6) is 1.10. The molecule has 0 bridgehead atoms. The Morgan fingerprint density at radius 3 is 2.38 bits per heavy atom. The Balaban J connectivity index is 1.89. The third-order valence-electron chi connectivity index (χ3n) is 4.16. The molecule has 0 fully saturated rings. The van der Waals surface area contributed by atoms with Crippen molar-refractivity contribution in [3.63, 3.8) is 0 Å². The summed E-state index contributed by atoms with van der Waals surface area (Å²) in [6.45, 7) is 0. The van der Waals surface area contributed by atoms with Crippen LogP contribution in [-0.2, 0) is 0 Å². The molecule has 0 saturated carbocycles. The molecular weight excluding hydrogens is 390 g/mol. The molecule has 4 rings (SSSR count). The van der Waals surface area contributed by atoms with Crippen molar-refractivity contribution in [3.8, 4) is 22.7 Å². The largest absolute Gasteiger partial charge is 0.497 e. The van der Waals surface area contributed by atoms with E-state index in [1.807, 2.05) is 34.2 Å². The molecule has 0 atom stereocenters. The average Bonchev–Trinajstić information content (AvgIpc) is 3.18. The van der Waals surface area contributed by atoms with Crippen LogP contribution in [0.4, 0.5) is 11.6 Å². The van der Waals surface area contributed by atoms with Crippen molar-refractivity contribution < 1.29 is 9.66 Å². The lowest BCUT2D eigenvalue weighted by Gasteiger charge is -2.10. The molecule has 0 spiro atoms. The molecule has 0 unspecified atom stereocenters. The van der Waals surface area contributed by atoms with E-state index < -0.39 is 4.92 Å². The van der Waals surface area contributed by atoms with E-state index in [9.17, 15) is 10.1 Å². The Morgan fingerprint density at radius 2 is 1.76 bits per heavy atom. The Morgan fingerprint density at radius 1 is 1.07 bits per heavy atom. The van der Waals surface area contributed by atoms with Crippen LogP contribution in [-0.4, -0.2) is 26.6 Å². The minimum atomic E-state index is -0.414. The zero-order chi connectivity index (χ0) is 20.2. The topological polar surface area (TPSA) is 95.4 Å². The molecule has 0 aliphatic rings. The standard InChI is InChI=1S/C20H15N5O3S/c1-28-17-9-7-15(8-10-17)24-18(14-3-5-16(6-4-14)25(26)27)13-29-20(24)23-19-21-11-2-12-22-19/h2-13H,1H3/b23-20-. The maximum absolute atomic E-state index is 11.0. The van der Waals surface area contributed by atoms with E-state index in [4.69, 9.17) is 4.74 Å². The summed E-state index contributed by atoms with van der Waals surface area (Å²) in [5, 5.41) is 12.9. The van der Waals surface area contributed by atoms with Crippen LogP contribution in [0.1, 0.15) is 0 Å². The maximum atomic E-state index is 11.0. The van der Waals surface area contributed by atoms with Crippen molar-refractivity contribution in [2.24, 2.45) is 4.99 Å². The minimum Gasteiger partial charge on any atom is -0.497 e. The van der Waals surface area contributed by atoms with Crippen molar-refractivity contribution in [1.29, 1.82) is 0 Å². The van der Waals surface area contributed by atoms with Crippen LogP contribution in [0.3, 0.4) is 0 Å². The number of nitro benzene ring substituents is 1. The maximum Gasteiger partial charge on any atom is 0.269 e. The van der Waals surface area contributed by atoms with Crippen molar-refractivity contribution >= 4 is 23.0 Å². The number of nitrogens with zero attached hydrogens (tertiary/aromatic N) is 5. The van der Waals surface area contributed by atoms with E-state index in [1.165, 1.54) is 23.5 Å². The van der Waals surface area contributed by atoms with E-state index in [0.717, 1.165) is 22.7 Å². The van der Waals surface area contributed by atoms with E-state index in [1.54, 1.807) is 37.7 Å². The first-order valence-corrected chi connectivity index (χ1v) is 9.45. The number of methoxy groups -OCH3 is 1. The van der Waals surface area contributed by atoms with Gasteiger partial charge in [0.1, 0.15) is 5.75 Å². The molecule has 0 amide bonds. The SMILES string of the molecule is COc1ccc(-n2c(-c3ccc([N+](=O)[O-])cc3)cs/c2=N\c2ncccn2)cc1. The fourth-order valence-electron chi connectivity index (χ4n) is 2.76. The molecule has 2 heterocycles. The summed E-state index contributed by atoms with van der Waals surface area (Å²) in [7, 11) is 1.61. The summed E-state index contributed by atoms with van der Waals surface area (Å²) in [4.78, 5) is 24.1. The monoisotopic (exact) mass is 405 g/mol. The van der Waals surface area contributed by atoms with Gasteiger partial charge < -0.3 is 4.74 Å². The van der Waals surface area contributed by atoms with Crippen molar-refractivity contribution in [2.75, 3.05) is 7.11 Å². The van der Waals surface area contributed by atoms with Crippen molar-refractivity contribution in [3.05, 3.63) is 87.3 Å². The lowest BCUT2D eigenvalue weighted by molar-refractivity contribution is -0.384. The van der Waals surface area contributed by atoms with Gasteiger partial charge in [0.05, 0.1) is 17.7 Å². The van der Waals surface area contributed by atoms with Crippen LogP contribution >= 0.6 is 11.3 Å². The number of ether oxygens (including phenoxy) is 1. The number of hydrogen-bond acceptors (Lipinski definition) is 7. The molecule has 0 N–H and O–H groups in total.